The second-order valence-corrected chi connectivity index (χ2v) is 5.01. The lowest BCUT2D eigenvalue weighted by Gasteiger charge is -2.20. The standard InChI is InChI=1S/C15H17N3O4/c1-3-9(2)12(15(20)21)17-14(19)11-6-4-10(5-7-11)13-16-8-22-18-13/h4-9,12H,3H2,1-2H3,(H,17,19)(H,20,21)/t9-,12-/m0/s1. The first kappa shape index (κ1) is 15.7. The van der Waals surface area contributed by atoms with Gasteiger partial charge in [0.2, 0.25) is 12.2 Å². The van der Waals surface area contributed by atoms with E-state index >= 15 is 0 Å². The molecule has 0 saturated carbocycles. The van der Waals surface area contributed by atoms with E-state index in [1.807, 2.05) is 6.92 Å². The molecule has 0 saturated heterocycles. The minimum Gasteiger partial charge on any atom is -0.480 e. The van der Waals surface area contributed by atoms with Gasteiger partial charge in [-0.25, -0.2) is 4.79 Å². The molecule has 22 heavy (non-hydrogen) atoms. The van der Waals surface area contributed by atoms with Crippen LogP contribution in [0.2, 0.25) is 0 Å². The molecule has 0 aliphatic heterocycles. The minimum absolute atomic E-state index is 0.153. The first-order valence-electron chi connectivity index (χ1n) is 6.93. The van der Waals surface area contributed by atoms with E-state index in [1.165, 1.54) is 6.39 Å². The Morgan fingerprint density at radius 2 is 2.00 bits per heavy atom. The van der Waals surface area contributed by atoms with E-state index in [-0.39, 0.29) is 5.92 Å². The minimum atomic E-state index is -1.04. The normalized spacial score (nSPS) is 13.4. The van der Waals surface area contributed by atoms with Crippen molar-refractivity contribution in [1.29, 1.82) is 0 Å². The number of carboxylic acids is 1. The monoisotopic (exact) mass is 303 g/mol. The number of aromatic nitrogens is 2. The molecule has 1 aromatic heterocycles. The zero-order valence-electron chi connectivity index (χ0n) is 12.3. The number of carbonyl (C=O) groups excluding carboxylic acids is 1. The number of aliphatic carboxylic acids is 1. The van der Waals surface area contributed by atoms with E-state index in [0.29, 0.717) is 23.4 Å². The predicted molar refractivity (Wildman–Crippen MR) is 78.1 cm³/mol. The lowest BCUT2D eigenvalue weighted by atomic mass is 9.99. The van der Waals surface area contributed by atoms with Gasteiger partial charge in [-0.15, -0.1) is 0 Å². The number of nitrogens with zero attached hydrogens (tertiary/aromatic N) is 2. The topological polar surface area (TPSA) is 105 Å². The van der Waals surface area contributed by atoms with E-state index in [9.17, 15) is 14.7 Å². The van der Waals surface area contributed by atoms with Crippen LogP contribution in [0.25, 0.3) is 11.4 Å². The fourth-order valence-electron chi connectivity index (χ4n) is 1.98. The Morgan fingerprint density at radius 1 is 1.32 bits per heavy atom. The summed E-state index contributed by atoms with van der Waals surface area (Å²) >= 11 is 0. The fraction of sp³-hybridized carbons (Fsp3) is 0.333. The Balaban J connectivity index is 2.11. The van der Waals surface area contributed by atoms with E-state index < -0.39 is 17.9 Å². The SMILES string of the molecule is CC[C@H](C)[C@H](NC(=O)c1ccc(-c2ncon2)cc1)C(=O)O. The third-order valence-corrected chi connectivity index (χ3v) is 3.53. The Hall–Kier alpha value is -2.70. The first-order valence-corrected chi connectivity index (χ1v) is 6.93. The molecule has 2 aromatic rings. The second-order valence-electron chi connectivity index (χ2n) is 5.01. The highest BCUT2D eigenvalue weighted by Gasteiger charge is 2.25. The average molecular weight is 303 g/mol. The summed E-state index contributed by atoms with van der Waals surface area (Å²) in [6.07, 6.45) is 1.88. The van der Waals surface area contributed by atoms with Crippen molar-refractivity contribution < 1.29 is 19.2 Å². The second kappa shape index (κ2) is 6.84. The van der Waals surface area contributed by atoms with E-state index in [4.69, 9.17) is 0 Å². The van der Waals surface area contributed by atoms with Gasteiger partial charge in [-0.2, -0.15) is 4.98 Å². The van der Waals surface area contributed by atoms with Crippen LogP contribution in [0.3, 0.4) is 0 Å². The van der Waals surface area contributed by atoms with Gasteiger partial charge in [0.15, 0.2) is 0 Å². The van der Waals surface area contributed by atoms with Crippen molar-refractivity contribution in [2.24, 2.45) is 5.92 Å². The number of carboxylic acid groups (broad SMARTS) is 1. The quantitative estimate of drug-likeness (QED) is 0.845. The highest BCUT2D eigenvalue weighted by atomic mass is 16.5. The van der Waals surface area contributed by atoms with Crippen LogP contribution in [-0.2, 0) is 4.79 Å². The summed E-state index contributed by atoms with van der Waals surface area (Å²) in [5, 5.41) is 15.4. The van der Waals surface area contributed by atoms with Crippen LogP contribution in [0.4, 0.5) is 0 Å². The molecule has 0 aliphatic rings. The molecule has 2 atom stereocenters. The molecule has 2 N–H and O–H groups in total. The molecule has 0 bridgehead atoms. The number of benzene rings is 1. The number of hydrogen-bond acceptors (Lipinski definition) is 5. The number of carbonyl (C=O) groups is 2. The number of rotatable bonds is 6. The molecular weight excluding hydrogens is 286 g/mol. The van der Waals surface area contributed by atoms with Crippen LogP contribution >= 0.6 is 0 Å². The lowest BCUT2D eigenvalue weighted by Crippen LogP contribution is -2.45. The molecular formula is C15H17N3O4. The molecule has 1 heterocycles. The summed E-state index contributed by atoms with van der Waals surface area (Å²) in [5.74, 6) is -1.19. The maximum absolute atomic E-state index is 12.2. The van der Waals surface area contributed by atoms with Gasteiger partial charge in [-0.05, 0) is 18.1 Å². The van der Waals surface area contributed by atoms with Crippen molar-refractivity contribution in [3.8, 4) is 11.4 Å². The molecule has 0 spiro atoms. The van der Waals surface area contributed by atoms with Gasteiger partial charge in [0, 0.05) is 11.1 Å². The van der Waals surface area contributed by atoms with E-state index in [2.05, 4.69) is 20.0 Å². The Labute approximate surface area is 127 Å². The molecule has 7 nitrogen and oxygen atoms in total. The van der Waals surface area contributed by atoms with Crippen molar-refractivity contribution >= 4 is 11.9 Å². The van der Waals surface area contributed by atoms with Crippen molar-refractivity contribution in [3.63, 3.8) is 0 Å². The maximum Gasteiger partial charge on any atom is 0.326 e. The van der Waals surface area contributed by atoms with E-state index in [1.54, 1.807) is 31.2 Å². The van der Waals surface area contributed by atoms with Gasteiger partial charge in [0.25, 0.3) is 5.91 Å². The van der Waals surface area contributed by atoms with Crippen molar-refractivity contribution in [1.82, 2.24) is 15.5 Å². The number of amides is 1. The fourth-order valence-corrected chi connectivity index (χ4v) is 1.98. The first-order chi connectivity index (χ1) is 10.5. The third-order valence-electron chi connectivity index (χ3n) is 3.53. The van der Waals surface area contributed by atoms with Crippen molar-refractivity contribution in [2.75, 3.05) is 0 Å². The van der Waals surface area contributed by atoms with Gasteiger partial charge in [0.1, 0.15) is 6.04 Å². The summed E-state index contributed by atoms with van der Waals surface area (Å²) in [4.78, 5) is 27.3. The van der Waals surface area contributed by atoms with Crippen LogP contribution in [-0.4, -0.2) is 33.2 Å². The van der Waals surface area contributed by atoms with Crippen molar-refractivity contribution in [2.45, 2.75) is 26.3 Å². The van der Waals surface area contributed by atoms with Gasteiger partial charge in [-0.1, -0.05) is 37.6 Å². The molecule has 0 aliphatic carbocycles. The molecule has 0 radical (unpaired) electrons. The molecule has 116 valence electrons. The predicted octanol–water partition coefficient (Wildman–Crippen LogP) is 1.97. The third kappa shape index (κ3) is 3.49. The summed E-state index contributed by atoms with van der Waals surface area (Å²) in [6, 6.07) is 5.64. The molecule has 1 aromatic carbocycles. The van der Waals surface area contributed by atoms with Gasteiger partial charge >= 0.3 is 5.97 Å². The smallest absolute Gasteiger partial charge is 0.326 e. The summed E-state index contributed by atoms with van der Waals surface area (Å²) < 4.78 is 4.66. The van der Waals surface area contributed by atoms with Crippen LogP contribution in [0.1, 0.15) is 30.6 Å². The highest BCUT2D eigenvalue weighted by Crippen LogP contribution is 2.15. The number of nitrogens with one attached hydrogen (secondary N) is 1. The van der Waals surface area contributed by atoms with Crippen LogP contribution in [0.15, 0.2) is 35.2 Å². The Kier molecular flexibility index (Phi) is 4.88. The highest BCUT2D eigenvalue weighted by molar-refractivity contribution is 5.96. The zero-order chi connectivity index (χ0) is 16.1. The summed E-state index contributed by atoms with van der Waals surface area (Å²) in [6.45, 7) is 3.67. The van der Waals surface area contributed by atoms with Gasteiger partial charge in [-0.3, -0.25) is 4.79 Å². The maximum atomic E-state index is 12.2. The molecule has 1 amide bonds. The Morgan fingerprint density at radius 3 is 2.50 bits per heavy atom. The van der Waals surface area contributed by atoms with Crippen LogP contribution in [0, 0.1) is 5.92 Å². The van der Waals surface area contributed by atoms with Crippen molar-refractivity contribution in [3.05, 3.63) is 36.2 Å². The van der Waals surface area contributed by atoms with Crippen LogP contribution in [0.5, 0.6) is 0 Å². The lowest BCUT2D eigenvalue weighted by molar-refractivity contribution is -0.140. The number of hydrogen-bond donors (Lipinski definition) is 2. The van der Waals surface area contributed by atoms with E-state index in [0.717, 1.165) is 0 Å². The summed E-state index contributed by atoms with van der Waals surface area (Å²) in [5.41, 5.74) is 1.09. The Bertz CT molecular complexity index is 637. The molecule has 2 rings (SSSR count). The van der Waals surface area contributed by atoms with Crippen LogP contribution < -0.4 is 5.32 Å². The van der Waals surface area contributed by atoms with Gasteiger partial charge in [0.05, 0.1) is 0 Å². The van der Waals surface area contributed by atoms with Gasteiger partial charge < -0.3 is 14.9 Å². The zero-order valence-corrected chi connectivity index (χ0v) is 12.3. The average Bonchev–Trinajstić information content (AvgIpc) is 3.06. The summed E-state index contributed by atoms with van der Waals surface area (Å²) in [7, 11) is 0. The largest absolute Gasteiger partial charge is 0.480 e. The molecule has 0 fully saturated rings. The molecule has 0 unspecified atom stereocenters. The molecule has 7 heteroatoms.